The number of allylic oxidation sites excluding steroid dienone is 1. The molecule has 1 heterocycles. The first-order valence-corrected chi connectivity index (χ1v) is 6.92. The quantitative estimate of drug-likeness (QED) is 0.619. The molecule has 0 fully saturated rings. The van der Waals surface area contributed by atoms with Crippen molar-refractivity contribution in [1.82, 2.24) is 4.85 Å². The van der Waals surface area contributed by atoms with Crippen LogP contribution in [0.4, 0.5) is 0 Å². The van der Waals surface area contributed by atoms with Gasteiger partial charge in [-0.3, -0.25) is 0 Å². The molecule has 0 radical (unpaired) electrons. The lowest BCUT2D eigenvalue weighted by atomic mass is 10.0. The Morgan fingerprint density at radius 3 is 2.71 bits per heavy atom. The van der Waals surface area contributed by atoms with Crippen LogP contribution in [-0.4, -0.2) is 5.71 Å². The molecule has 3 rings (SSSR count). The summed E-state index contributed by atoms with van der Waals surface area (Å²) >= 11 is 0. The molecule has 0 saturated heterocycles. The fourth-order valence-corrected chi connectivity index (χ4v) is 2.83. The zero-order chi connectivity index (χ0) is 11.7. The summed E-state index contributed by atoms with van der Waals surface area (Å²) in [6.07, 6.45) is 5.35. The zero-order valence-corrected chi connectivity index (χ0v) is 10.2. The minimum Gasteiger partial charge on any atom is -0.159 e. The van der Waals surface area contributed by atoms with Crippen molar-refractivity contribution in [3.63, 3.8) is 0 Å². The van der Waals surface area contributed by atoms with Crippen LogP contribution in [0.1, 0.15) is 5.56 Å². The van der Waals surface area contributed by atoms with Crippen LogP contribution in [0.15, 0.2) is 33.0 Å². The van der Waals surface area contributed by atoms with Crippen molar-refractivity contribution < 1.29 is 0 Å². The van der Waals surface area contributed by atoms with Crippen molar-refractivity contribution >= 4 is 43.9 Å². The number of nitroso groups, excluding NO2 is 1. The smallest absolute Gasteiger partial charge is 0.159 e. The van der Waals surface area contributed by atoms with E-state index in [9.17, 15) is 4.91 Å². The summed E-state index contributed by atoms with van der Waals surface area (Å²) in [5.41, 5.74) is 1.49. The molecule has 6 heteroatoms. The lowest BCUT2D eigenvalue weighted by Gasteiger charge is -1.98. The fraction of sp³-hybridized carbons (Fsp3) is 0. The third-order valence-electron chi connectivity index (χ3n) is 2.47. The Labute approximate surface area is 103 Å². The van der Waals surface area contributed by atoms with Gasteiger partial charge in [0.15, 0.2) is 10.7 Å². The van der Waals surface area contributed by atoms with Crippen molar-refractivity contribution in [1.29, 1.82) is 0 Å². The maximum absolute atomic E-state index is 10.4. The Balaban J connectivity index is 2.28. The monoisotopic (exact) mass is 260 g/mol. The number of hydrogen-bond donors (Lipinski definition) is 0. The van der Waals surface area contributed by atoms with Gasteiger partial charge in [0.1, 0.15) is 0 Å². The van der Waals surface area contributed by atoms with E-state index >= 15 is 0 Å². The number of fused-ring (bicyclic) bond motifs is 1. The summed E-state index contributed by atoms with van der Waals surface area (Å²) in [5, 5.41) is 1.98. The predicted molar refractivity (Wildman–Crippen MR) is 72.7 cm³/mol. The molecule has 82 valence electrons. The Bertz CT molecular complexity index is 801. The number of rotatable bonds is 0. The van der Waals surface area contributed by atoms with E-state index in [-0.39, 0.29) is 0 Å². The zero-order valence-electron chi connectivity index (χ0n) is 8.53. The van der Waals surface area contributed by atoms with Crippen LogP contribution >= 0.6 is 0 Å². The van der Waals surface area contributed by atoms with Gasteiger partial charge >= 0.3 is 5.71 Å². The van der Waals surface area contributed by atoms with E-state index in [0.717, 1.165) is 21.8 Å². The van der Waals surface area contributed by atoms with Crippen LogP contribution in [0.3, 0.4) is 0 Å². The van der Waals surface area contributed by atoms with Gasteiger partial charge in [-0.15, -0.1) is 0 Å². The first kappa shape index (κ1) is 10.3. The Hall–Kier alpha value is -1.88. The van der Waals surface area contributed by atoms with Crippen LogP contribution in [0.5, 0.6) is 0 Å². The van der Waals surface area contributed by atoms with Gasteiger partial charge in [-0.2, -0.15) is 8.73 Å². The molecule has 0 aromatic heterocycles. The number of nitrogens with zero attached hydrogens (tertiary/aromatic N) is 3. The molecule has 1 aliphatic heterocycles. The van der Waals surface area contributed by atoms with E-state index in [4.69, 9.17) is 0 Å². The third-order valence-corrected chi connectivity index (χ3v) is 3.68. The minimum atomic E-state index is 0.444. The molecule has 0 N–H and O–H groups in total. The van der Waals surface area contributed by atoms with Crippen molar-refractivity contribution in [2.75, 3.05) is 0 Å². The van der Waals surface area contributed by atoms with E-state index in [2.05, 4.69) is 13.6 Å². The molecule has 1 aromatic rings. The van der Waals surface area contributed by atoms with Gasteiger partial charge < -0.3 is 0 Å². The SMILES string of the molecule is O=[N+]=C1C=Cc2cc(=C3N=S=S=N3)ccc2=C1. The summed E-state index contributed by atoms with van der Waals surface area (Å²) < 4.78 is 8.42. The summed E-state index contributed by atoms with van der Waals surface area (Å²) in [6, 6.07) is 5.91. The molecule has 0 unspecified atom stereocenters. The van der Waals surface area contributed by atoms with Crippen molar-refractivity contribution in [2.45, 2.75) is 0 Å². The summed E-state index contributed by atoms with van der Waals surface area (Å²) in [5.74, 6) is 0.750. The predicted octanol–water partition coefficient (Wildman–Crippen LogP) is 0.295. The summed E-state index contributed by atoms with van der Waals surface area (Å²) in [6.45, 7) is 0. The molecule has 0 spiro atoms. The van der Waals surface area contributed by atoms with Crippen molar-refractivity contribution in [3.8, 4) is 0 Å². The molecule has 0 bridgehead atoms. The van der Waals surface area contributed by atoms with Gasteiger partial charge in [-0.25, -0.2) is 0 Å². The lowest BCUT2D eigenvalue weighted by molar-refractivity contribution is 1.41. The standard InChI is InChI=1S/C11H6N3OS2/c15-12-10-4-3-7-5-9(2-1-8(7)6-10)11-13-16-17-14-11/h1-6H/q+1. The summed E-state index contributed by atoms with van der Waals surface area (Å²) in [4.78, 5) is 13.4. The highest BCUT2D eigenvalue weighted by Gasteiger charge is 2.09. The Kier molecular flexibility index (Phi) is 2.53. The van der Waals surface area contributed by atoms with Crippen LogP contribution in [0.25, 0.3) is 18.0 Å². The topological polar surface area (TPSA) is 55.9 Å². The number of benzene rings is 1. The van der Waals surface area contributed by atoms with E-state index < -0.39 is 0 Å². The van der Waals surface area contributed by atoms with Gasteiger partial charge in [-0.05, 0) is 22.9 Å². The van der Waals surface area contributed by atoms with Crippen LogP contribution in [-0.2, 0) is 20.2 Å². The van der Waals surface area contributed by atoms with Crippen LogP contribution in [0, 0.1) is 4.91 Å². The molecule has 1 aliphatic carbocycles. The molecule has 0 atom stereocenters. The summed E-state index contributed by atoms with van der Waals surface area (Å²) in [7, 11) is 2.74. The average Bonchev–Trinajstić information content (AvgIpc) is 2.91. The molecular weight excluding hydrogens is 254 g/mol. The third kappa shape index (κ3) is 1.89. The fourth-order valence-electron chi connectivity index (χ4n) is 1.66. The van der Waals surface area contributed by atoms with Crippen molar-refractivity contribution in [3.05, 3.63) is 45.2 Å². The lowest BCUT2D eigenvalue weighted by Crippen LogP contribution is -2.17. The normalized spacial score (nSPS) is 15.8. The molecule has 2 aliphatic rings. The van der Waals surface area contributed by atoms with E-state index in [1.165, 1.54) is 20.2 Å². The van der Waals surface area contributed by atoms with Gasteiger partial charge in [0.2, 0.25) is 4.85 Å². The van der Waals surface area contributed by atoms with Gasteiger partial charge in [0, 0.05) is 37.6 Å². The van der Waals surface area contributed by atoms with E-state index in [0.29, 0.717) is 5.71 Å². The second kappa shape index (κ2) is 4.18. The van der Waals surface area contributed by atoms with Gasteiger partial charge in [-0.1, -0.05) is 12.1 Å². The molecule has 1 aromatic carbocycles. The first-order valence-electron chi connectivity index (χ1n) is 4.86. The van der Waals surface area contributed by atoms with E-state index in [1.54, 1.807) is 12.2 Å². The highest BCUT2D eigenvalue weighted by molar-refractivity contribution is 8.17. The Morgan fingerprint density at radius 1 is 1.12 bits per heavy atom. The first-order chi connectivity index (χ1) is 8.36. The second-order valence-corrected chi connectivity index (χ2v) is 5.05. The van der Waals surface area contributed by atoms with E-state index in [1.807, 2.05) is 24.3 Å². The van der Waals surface area contributed by atoms with Gasteiger partial charge in [0.05, 0.1) is 0 Å². The van der Waals surface area contributed by atoms with Gasteiger partial charge in [0.25, 0.3) is 0 Å². The molecule has 0 saturated carbocycles. The molecule has 4 nitrogen and oxygen atoms in total. The van der Waals surface area contributed by atoms with Crippen LogP contribution in [0.2, 0.25) is 0 Å². The molecule has 0 amide bonds. The maximum atomic E-state index is 10.4. The highest BCUT2D eigenvalue weighted by atomic mass is 32.8. The Morgan fingerprint density at radius 2 is 1.94 bits per heavy atom. The second-order valence-electron chi connectivity index (χ2n) is 3.49. The average molecular weight is 260 g/mol. The highest BCUT2D eigenvalue weighted by Crippen LogP contribution is 2.03. The largest absolute Gasteiger partial charge is 0.396 e. The van der Waals surface area contributed by atoms with Crippen LogP contribution < -0.4 is 15.3 Å². The molecular formula is C11H6N3OS2+. The number of hydrogen-bond acceptors (Lipinski definition) is 3. The molecule has 17 heavy (non-hydrogen) atoms. The maximum Gasteiger partial charge on any atom is 0.396 e. The minimum absolute atomic E-state index is 0.444. The van der Waals surface area contributed by atoms with Crippen molar-refractivity contribution in [2.24, 2.45) is 8.73 Å².